The van der Waals surface area contributed by atoms with Crippen molar-refractivity contribution in [2.24, 2.45) is 0 Å². The lowest BCUT2D eigenvalue weighted by Crippen LogP contribution is -1.92. The third kappa shape index (κ3) is 1.76. The minimum atomic E-state index is 0.756. The van der Waals surface area contributed by atoms with Crippen LogP contribution in [0.5, 0.6) is 0 Å². The summed E-state index contributed by atoms with van der Waals surface area (Å²) in [6.07, 6.45) is 10.0. The van der Waals surface area contributed by atoms with E-state index in [-0.39, 0.29) is 0 Å². The molecule has 3 heterocycles. The van der Waals surface area contributed by atoms with Gasteiger partial charge in [0.05, 0.1) is 30.0 Å². The molecule has 0 aliphatic rings. The second-order valence-corrected chi connectivity index (χ2v) is 3.38. The van der Waals surface area contributed by atoms with Gasteiger partial charge < -0.3 is 0 Å². The molecule has 0 unspecified atom stereocenters. The van der Waals surface area contributed by atoms with Crippen LogP contribution in [-0.4, -0.2) is 30.4 Å². The molecule has 82 valence electrons. The summed E-state index contributed by atoms with van der Waals surface area (Å²) >= 11 is 0. The van der Waals surface area contributed by atoms with Gasteiger partial charge in [-0.2, -0.15) is 15.3 Å². The molecule has 0 aliphatic carbocycles. The Morgan fingerprint density at radius 2 is 1.76 bits per heavy atom. The largest absolute Gasteiger partial charge is 0.278 e. The summed E-state index contributed by atoms with van der Waals surface area (Å²) in [6, 6.07) is 1.87. The number of hydrogen-bond acceptors (Lipinski definition) is 5. The Kier molecular flexibility index (Phi) is 2.31. The van der Waals surface area contributed by atoms with Crippen LogP contribution in [-0.2, 0) is 0 Å². The highest BCUT2D eigenvalue weighted by molar-refractivity contribution is 5.78. The van der Waals surface area contributed by atoms with Crippen molar-refractivity contribution in [2.75, 3.05) is 0 Å². The second kappa shape index (κ2) is 4.09. The van der Waals surface area contributed by atoms with Gasteiger partial charge in [-0.1, -0.05) is 0 Å². The van der Waals surface area contributed by atoms with E-state index < -0.39 is 0 Å². The molecule has 6 heteroatoms. The van der Waals surface area contributed by atoms with Crippen LogP contribution in [0, 0.1) is 0 Å². The Hall–Kier alpha value is -2.63. The molecular weight excluding hydrogens is 216 g/mol. The number of nitrogens with zero attached hydrogens (tertiary/aromatic N) is 5. The quantitative estimate of drug-likeness (QED) is 0.710. The van der Waals surface area contributed by atoms with Crippen LogP contribution in [0.25, 0.3) is 22.5 Å². The topological polar surface area (TPSA) is 80.2 Å². The van der Waals surface area contributed by atoms with E-state index in [2.05, 4.69) is 30.4 Å². The molecule has 0 spiro atoms. The van der Waals surface area contributed by atoms with Crippen LogP contribution >= 0.6 is 0 Å². The van der Waals surface area contributed by atoms with E-state index >= 15 is 0 Å². The third-order valence-electron chi connectivity index (χ3n) is 2.36. The molecule has 3 aromatic heterocycles. The molecule has 0 bridgehead atoms. The normalized spacial score (nSPS) is 10.4. The third-order valence-corrected chi connectivity index (χ3v) is 2.36. The van der Waals surface area contributed by atoms with E-state index in [1.54, 1.807) is 37.2 Å². The summed E-state index contributed by atoms with van der Waals surface area (Å²) in [7, 11) is 0. The van der Waals surface area contributed by atoms with Gasteiger partial charge in [-0.3, -0.25) is 15.1 Å². The van der Waals surface area contributed by atoms with Crippen molar-refractivity contribution >= 4 is 0 Å². The van der Waals surface area contributed by atoms with Gasteiger partial charge in [0.25, 0.3) is 0 Å². The smallest absolute Gasteiger partial charge is 0.0908 e. The second-order valence-electron chi connectivity index (χ2n) is 3.38. The van der Waals surface area contributed by atoms with E-state index in [4.69, 9.17) is 0 Å². The van der Waals surface area contributed by atoms with Crippen LogP contribution in [0.4, 0.5) is 0 Å². The van der Waals surface area contributed by atoms with Gasteiger partial charge in [0.1, 0.15) is 0 Å². The fourth-order valence-corrected chi connectivity index (χ4v) is 1.58. The molecule has 0 aromatic carbocycles. The first-order chi connectivity index (χ1) is 8.45. The first-order valence-corrected chi connectivity index (χ1v) is 5.02. The minimum Gasteiger partial charge on any atom is -0.278 e. The molecule has 0 saturated carbocycles. The summed E-state index contributed by atoms with van der Waals surface area (Å²) in [6.45, 7) is 0. The van der Waals surface area contributed by atoms with Gasteiger partial charge >= 0.3 is 0 Å². The van der Waals surface area contributed by atoms with Crippen molar-refractivity contribution in [3.05, 3.63) is 43.2 Å². The van der Waals surface area contributed by atoms with Crippen LogP contribution in [0.3, 0.4) is 0 Å². The number of nitrogens with one attached hydrogen (secondary N) is 1. The number of hydrogen-bond donors (Lipinski definition) is 1. The molecule has 0 atom stereocenters. The number of aromatic amines is 1. The van der Waals surface area contributed by atoms with E-state index in [0.29, 0.717) is 0 Å². The first-order valence-electron chi connectivity index (χ1n) is 5.02. The highest BCUT2D eigenvalue weighted by Crippen LogP contribution is 2.26. The van der Waals surface area contributed by atoms with Gasteiger partial charge in [-0.25, -0.2) is 0 Å². The van der Waals surface area contributed by atoms with Crippen molar-refractivity contribution in [1.29, 1.82) is 0 Å². The molecule has 0 fully saturated rings. The maximum Gasteiger partial charge on any atom is 0.0908 e. The SMILES string of the molecule is c1cnc(-c2cnncc2-c2ccn[nH]2)cn1. The molecule has 6 nitrogen and oxygen atoms in total. The summed E-state index contributed by atoms with van der Waals surface area (Å²) in [5.41, 5.74) is 3.41. The van der Waals surface area contributed by atoms with E-state index in [1.165, 1.54) is 0 Å². The van der Waals surface area contributed by atoms with Gasteiger partial charge in [-0.15, -0.1) is 0 Å². The van der Waals surface area contributed by atoms with Gasteiger partial charge in [0, 0.05) is 29.7 Å². The van der Waals surface area contributed by atoms with Crippen LogP contribution in [0.2, 0.25) is 0 Å². The van der Waals surface area contributed by atoms with E-state index in [0.717, 1.165) is 22.5 Å². The summed E-state index contributed by atoms with van der Waals surface area (Å²) in [5.74, 6) is 0. The lowest BCUT2D eigenvalue weighted by atomic mass is 10.1. The van der Waals surface area contributed by atoms with Crippen LogP contribution < -0.4 is 0 Å². The van der Waals surface area contributed by atoms with Gasteiger partial charge in [0.2, 0.25) is 0 Å². The minimum absolute atomic E-state index is 0.756. The maximum atomic E-state index is 4.25. The summed E-state index contributed by atoms with van der Waals surface area (Å²) in [4.78, 5) is 8.30. The molecule has 0 amide bonds. The fourth-order valence-electron chi connectivity index (χ4n) is 1.58. The molecule has 3 aromatic rings. The van der Waals surface area contributed by atoms with E-state index in [1.807, 2.05) is 6.07 Å². The molecule has 0 aliphatic heterocycles. The number of rotatable bonds is 2. The zero-order valence-electron chi connectivity index (χ0n) is 8.78. The first kappa shape index (κ1) is 9.59. The fraction of sp³-hybridized carbons (Fsp3) is 0. The lowest BCUT2D eigenvalue weighted by molar-refractivity contribution is 1.02. The average Bonchev–Trinajstić information content (AvgIpc) is 2.94. The molecule has 0 saturated heterocycles. The Labute approximate surface area is 96.8 Å². The predicted octanol–water partition coefficient (Wildman–Crippen LogP) is 1.32. The zero-order chi connectivity index (χ0) is 11.5. The molecule has 17 heavy (non-hydrogen) atoms. The van der Waals surface area contributed by atoms with Crippen molar-refractivity contribution < 1.29 is 0 Å². The van der Waals surface area contributed by atoms with Crippen molar-refractivity contribution in [3.63, 3.8) is 0 Å². The zero-order valence-corrected chi connectivity index (χ0v) is 8.78. The van der Waals surface area contributed by atoms with Crippen LogP contribution in [0.15, 0.2) is 43.2 Å². The van der Waals surface area contributed by atoms with Crippen LogP contribution in [0.1, 0.15) is 0 Å². The molecular formula is C11H8N6. The number of H-pyrrole nitrogens is 1. The van der Waals surface area contributed by atoms with Gasteiger partial charge in [-0.05, 0) is 6.07 Å². The molecule has 0 radical (unpaired) electrons. The number of aromatic nitrogens is 6. The standard InChI is InChI=1S/C11H8N6/c1-2-14-17-10(1)8-5-15-16-6-9(8)11-7-12-3-4-13-11/h1-7H,(H,14,17). The summed E-state index contributed by atoms with van der Waals surface area (Å²) < 4.78 is 0. The van der Waals surface area contributed by atoms with E-state index in [9.17, 15) is 0 Å². The Bertz CT molecular complexity index is 605. The Morgan fingerprint density at radius 1 is 0.882 bits per heavy atom. The highest BCUT2D eigenvalue weighted by atomic mass is 15.1. The Balaban J connectivity index is 2.18. The monoisotopic (exact) mass is 224 g/mol. The molecule has 3 rings (SSSR count). The van der Waals surface area contributed by atoms with Crippen molar-refractivity contribution in [3.8, 4) is 22.5 Å². The lowest BCUT2D eigenvalue weighted by Gasteiger charge is -2.04. The molecule has 1 N–H and O–H groups in total. The predicted molar refractivity (Wildman–Crippen MR) is 60.6 cm³/mol. The van der Waals surface area contributed by atoms with Crippen molar-refractivity contribution in [1.82, 2.24) is 30.4 Å². The average molecular weight is 224 g/mol. The highest BCUT2D eigenvalue weighted by Gasteiger charge is 2.09. The van der Waals surface area contributed by atoms with Gasteiger partial charge in [0.15, 0.2) is 0 Å². The Morgan fingerprint density at radius 3 is 2.47 bits per heavy atom. The summed E-state index contributed by atoms with van der Waals surface area (Å²) in [5, 5.41) is 14.6. The van der Waals surface area contributed by atoms with Crippen molar-refractivity contribution in [2.45, 2.75) is 0 Å². The maximum absolute atomic E-state index is 4.25.